The van der Waals surface area contributed by atoms with Crippen molar-refractivity contribution >= 4 is 5.97 Å². The second kappa shape index (κ2) is 4.12. The molecule has 16 heavy (non-hydrogen) atoms. The van der Waals surface area contributed by atoms with Gasteiger partial charge in [0.25, 0.3) is 0 Å². The van der Waals surface area contributed by atoms with E-state index in [4.69, 9.17) is 0 Å². The third-order valence-electron chi connectivity index (χ3n) is 2.32. The number of ether oxygens (including phenoxy) is 1. The fourth-order valence-corrected chi connectivity index (χ4v) is 1.47. The number of hydrogen-bond donors (Lipinski definition) is 1. The molecule has 4 heteroatoms. The smallest absolute Gasteiger partial charge is 0.344 e. The average Bonchev–Trinajstić information content (AvgIpc) is 2.15. The Balaban J connectivity index is 3.45. The van der Waals surface area contributed by atoms with E-state index in [1.54, 1.807) is 0 Å². The second-order valence-corrected chi connectivity index (χ2v) is 4.56. The van der Waals surface area contributed by atoms with Gasteiger partial charge in [0.15, 0.2) is 0 Å². The third kappa shape index (κ3) is 2.15. The van der Waals surface area contributed by atoms with Crippen molar-refractivity contribution in [3.8, 4) is 5.75 Å². The highest BCUT2D eigenvalue weighted by atomic mass is 19.1. The van der Waals surface area contributed by atoms with Crippen molar-refractivity contribution in [3.05, 3.63) is 29.1 Å². The van der Waals surface area contributed by atoms with E-state index in [0.29, 0.717) is 5.56 Å². The van der Waals surface area contributed by atoms with Crippen LogP contribution >= 0.6 is 0 Å². The number of esters is 1. The van der Waals surface area contributed by atoms with Crippen molar-refractivity contribution in [2.45, 2.75) is 26.2 Å². The molecule has 88 valence electrons. The molecule has 0 aliphatic rings. The molecule has 0 aromatic heterocycles. The summed E-state index contributed by atoms with van der Waals surface area (Å²) in [6, 6.07) is 2.63. The number of methoxy groups -OCH3 is 1. The maximum atomic E-state index is 13.4. The Kier molecular flexibility index (Phi) is 3.21. The number of carbonyl (C=O) groups excluding carboxylic acids is 1. The molecule has 0 amide bonds. The first-order valence-corrected chi connectivity index (χ1v) is 4.89. The van der Waals surface area contributed by atoms with E-state index in [9.17, 15) is 14.3 Å². The fraction of sp³-hybridized carbons (Fsp3) is 0.417. The van der Waals surface area contributed by atoms with Gasteiger partial charge in [0, 0.05) is 5.56 Å². The number of phenols is 1. The van der Waals surface area contributed by atoms with Crippen LogP contribution in [0.1, 0.15) is 36.7 Å². The quantitative estimate of drug-likeness (QED) is 0.749. The SMILES string of the molecule is COC(=O)c1c(F)ccc(C(C)(C)C)c1O. The molecule has 0 bridgehead atoms. The van der Waals surface area contributed by atoms with E-state index in [2.05, 4.69) is 4.74 Å². The van der Waals surface area contributed by atoms with Crippen LogP contribution in [0.2, 0.25) is 0 Å². The summed E-state index contributed by atoms with van der Waals surface area (Å²) in [4.78, 5) is 11.3. The Morgan fingerprint density at radius 3 is 2.38 bits per heavy atom. The van der Waals surface area contributed by atoms with Crippen molar-refractivity contribution in [2.75, 3.05) is 7.11 Å². The molecule has 0 unspecified atom stereocenters. The van der Waals surface area contributed by atoms with Gasteiger partial charge in [0.2, 0.25) is 0 Å². The van der Waals surface area contributed by atoms with Gasteiger partial charge in [-0.3, -0.25) is 0 Å². The molecule has 1 N–H and O–H groups in total. The predicted octanol–water partition coefficient (Wildman–Crippen LogP) is 2.62. The Labute approximate surface area is 93.9 Å². The van der Waals surface area contributed by atoms with E-state index in [0.717, 1.165) is 13.2 Å². The molecule has 0 radical (unpaired) electrons. The van der Waals surface area contributed by atoms with Gasteiger partial charge >= 0.3 is 5.97 Å². The minimum atomic E-state index is -0.874. The van der Waals surface area contributed by atoms with E-state index >= 15 is 0 Å². The molecule has 0 saturated heterocycles. The van der Waals surface area contributed by atoms with Crippen LogP contribution < -0.4 is 0 Å². The van der Waals surface area contributed by atoms with Crippen LogP contribution in [0.25, 0.3) is 0 Å². The number of rotatable bonds is 1. The Morgan fingerprint density at radius 1 is 1.38 bits per heavy atom. The van der Waals surface area contributed by atoms with Gasteiger partial charge in [-0.15, -0.1) is 0 Å². The number of hydrogen-bond acceptors (Lipinski definition) is 3. The largest absolute Gasteiger partial charge is 0.507 e. The topological polar surface area (TPSA) is 46.5 Å². The molecule has 0 atom stereocenters. The van der Waals surface area contributed by atoms with Crippen LogP contribution in [-0.4, -0.2) is 18.2 Å². The number of halogens is 1. The van der Waals surface area contributed by atoms with Crippen LogP contribution in [-0.2, 0) is 10.2 Å². The summed E-state index contributed by atoms with van der Waals surface area (Å²) in [5, 5.41) is 9.87. The first-order valence-electron chi connectivity index (χ1n) is 4.89. The summed E-state index contributed by atoms with van der Waals surface area (Å²) in [6.07, 6.45) is 0. The zero-order valence-corrected chi connectivity index (χ0v) is 9.80. The summed E-state index contributed by atoms with van der Waals surface area (Å²) in [5.41, 5.74) is -0.273. The first-order chi connectivity index (χ1) is 7.29. The molecule has 0 spiro atoms. The summed E-state index contributed by atoms with van der Waals surface area (Å²) >= 11 is 0. The predicted molar refractivity (Wildman–Crippen MR) is 58.1 cm³/mol. The molecule has 1 rings (SSSR count). The lowest BCUT2D eigenvalue weighted by atomic mass is 9.85. The van der Waals surface area contributed by atoms with Gasteiger partial charge in [0.05, 0.1) is 7.11 Å². The summed E-state index contributed by atoms with van der Waals surface area (Å²) < 4.78 is 17.8. The molecule has 0 aliphatic heterocycles. The van der Waals surface area contributed by atoms with Gasteiger partial charge in [-0.25, -0.2) is 9.18 Å². The minimum absolute atomic E-state index is 0.348. The molecule has 0 aliphatic carbocycles. The Bertz CT molecular complexity index is 419. The lowest BCUT2D eigenvalue weighted by molar-refractivity contribution is 0.0591. The second-order valence-electron chi connectivity index (χ2n) is 4.56. The van der Waals surface area contributed by atoms with Crippen molar-refractivity contribution in [1.29, 1.82) is 0 Å². The van der Waals surface area contributed by atoms with E-state index in [1.807, 2.05) is 20.8 Å². The summed E-state index contributed by atoms with van der Waals surface area (Å²) in [7, 11) is 1.14. The first kappa shape index (κ1) is 12.5. The zero-order valence-electron chi connectivity index (χ0n) is 9.80. The van der Waals surface area contributed by atoms with Gasteiger partial charge in [-0.05, 0) is 11.5 Å². The Morgan fingerprint density at radius 2 is 1.94 bits per heavy atom. The van der Waals surface area contributed by atoms with Crippen molar-refractivity contribution in [3.63, 3.8) is 0 Å². The van der Waals surface area contributed by atoms with E-state index in [1.165, 1.54) is 6.07 Å². The monoisotopic (exact) mass is 226 g/mol. The molecular formula is C12H15FO3. The standard InChI is InChI=1S/C12H15FO3/c1-12(2,3)7-5-6-8(13)9(10(7)14)11(15)16-4/h5-6,14H,1-4H3. The van der Waals surface area contributed by atoms with Crippen LogP contribution in [0.3, 0.4) is 0 Å². The lowest BCUT2D eigenvalue weighted by Gasteiger charge is -2.21. The van der Waals surface area contributed by atoms with Gasteiger partial charge in [0.1, 0.15) is 17.1 Å². The maximum absolute atomic E-state index is 13.4. The van der Waals surface area contributed by atoms with E-state index in [-0.39, 0.29) is 11.2 Å². The molecule has 0 fully saturated rings. The van der Waals surface area contributed by atoms with Gasteiger partial charge in [-0.1, -0.05) is 26.8 Å². The highest BCUT2D eigenvalue weighted by molar-refractivity contribution is 5.93. The molecule has 1 aromatic carbocycles. The number of carbonyl (C=O) groups is 1. The number of phenolic OH excluding ortho intramolecular Hbond substituents is 1. The van der Waals surface area contributed by atoms with Gasteiger partial charge in [-0.2, -0.15) is 0 Å². The number of benzene rings is 1. The molecule has 0 heterocycles. The average molecular weight is 226 g/mol. The van der Waals surface area contributed by atoms with Crippen LogP contribution in [0, 0.1) is 5.82 Å². The molecule has 3 nitrogen and oxygen atoms in total. The van der Waals surface area contributed by atoms with Crippen LogP contribution in [0.15, 0.2) is 12.1 Å². The summed E-state index contributed by atoms with van der Waals surface area (Å²) in [5.74, 6) is -2.00. The highest BCUT2D eigenvalue weighted by Gasteiger charge is 2.25. The molecular weight excluding hydrogens is 211 g/mol. The maximum Gasteiger partial charge on any atom is 0.344 e. The number of aromatic hydroxyl groups is 1. The summed E-state index contributed by atoms with van der Waals surface area (Å²) in [6.45, 7) is 5.59. The van der Waals surface area contributed by atoms with Crippen molar-refractivity contribution < 1.29 is 19.0 Å². The Hall–Kier alpha value is -1.58. The van der Waals surface area contributed by atoms with Gasteiger partial charge < -0.3 is 9.84 Å². The fourth-order valence-electron chi connectivity index (χ4n) is 1.47. The van der Waals surface area contributed by atoms with Crippen molar-refractivity contribution in [2.24, 2.45) is 0 Å². The third-order valence-corrected chi connectivity index (χ3v) is 2.32. The highest BCUT2D eigenvalue weighted by Crippen LogP contribution is 2.34. The minimum Gasteiger partial charge on any atom is -0.507 e. The normalized spacial score (nSPS) is 11.3. The van der Waals surface area contributed by atoms with Crippen molar-refractivity contribution in [1.82, 2.24) is 0 Å². The van der Waals surface area contributed by atoms with E-state index < -0.39 is 17.3 Å². The molecule has 1 aromatic rings. The lowest BCUT2D eigenvalue weighted by Crippen LogP contribution is -2.14. The van der Waals surface area contributed by atoms with Crippen LogP contribution in [0.5, 0.6) is 5.75 Å². The van der Waals surface area contributed by atoms with Crippen LogP contribution in [0.4, 0.5) is 4.39 Å². The zero-order chi connectivity index (χ0) is 12.5. The molecule has 0 saturated carbocycles.